The van der Waals surface area contributed by atoms with Crippen LogP contribution in [-0.4, -0.2) is 32.1 Å². The van der Waals surface area contributed by atoms with E-state index in [1.165, 1.54) is 11.3 Å². The number of rotatable bonds is 5. The van der Waals surface area contributed by atoms with Crippen LogP contribution in [0.4, 0.5) is 0 Å². The lowest BCUT2D eigenvalue weighted by Gasteiger charge is -2.14. The highest BCUT2D eigenvalue weighted by molar-refractivity contribution is 7.17. The molecule has 1 fully saturated rings. The summed E-state index contributed by atoms with van der Waals surface area (Å²) in [5.41, 5.74) is 2.21. The number of aromatic nitrogens is 3. The van der Waals surface area contributed by atoms with E-state index >= 15 is 0 Å². The van der Waals surface area contributed by atoms with Crippen molar-refractivity contribution in [3.8, 4) is 17.2 Å². The molecule has 1 aliphatic rings. The lowest BCUT2D eigenvalue weighted by Crippen LogP contribution is -2.24. The van der Waals surface area contributed by atoms with Crippen molar-refractivity contribution in [1.82, 2.24) is 19.9 Å². The van der Waals surface area contributed by atoms with E-state index in [2.05, 4.69) is 15.3 Å². The Morgan fingerprint density at radius 3 is 2.63 bits per heavy atom. The normalized spacial score (nSPS) is 15.6. The molecule has 3 aromatic heterocycles. The van der Waals surface area contributed by atoms with Gasteiger partial charge in [-0.05, 0) is 54.8 Å². The molecular formula is C29H30N4O4S. The number of ether oxygens (including phenoxy) is 1. The molecule has 1 aliphatic heterocycles. The highest BCUT2D eigenvalue weighted by atomic mass is 32.1. The van der Waals surface area contributed by atoms with E-state index in [1.807, 2.05) is 55.5 Å². The maximum Gasteiger partial charge on any atom is 0.353 e. The number of aliphatic hydroxyl groups excluding tert-OH is 1. The molecule has 0 bridgehead atoms. The van der Waals surface area contributed by atoms with E-state index in [0.717, 1.165) is 16.7 Å². The third-order valence-electron chi connectivity index (χ3n) is 6.38. The zero-order chi connectivity index (χ0) is 24.8. The topological polar surface area (TPSA) is 106 Å². The predicted octanol–water partition coefficient (Wildman–Crippen LogP) is 5.28. The number of para-hydroxylation sites is 1. The van der Waals surface area contributed by atoms with Gasteiger partial charge in [0, 0.05) is 25.6 Å². The van der Waals surface area contributed by atoms with Crippen LogP contribution >= 0.6 is 11.3 Å². The Labute approximate surface area is 224 Å². The van der Waals surface area contributed by atoms with E-state index < -0.39 is 5.69 Å². The number of hydrogen-bond acceptors (Lipinski definition) is 7. The zero-order valence-electron chi connectivity index (χ0n) is 19.4. The second kappa shape index (κ2) is 10.6. The van der Waals surface area contributed by atoms with Crippen LogP contribution < -0.4 is 20.3 Å². The summed E-state index contributed by atoms with van der Waals surface area (Å²) in [6, 6.07) is 16.9. The van der Waals surface area contributed by atoms with Crippen molar-refractivity contribution in [2.75, 3.05) is 6.54 Å². The average molecular weight is 531 g/mol. The Balaban J connectivity index is 0.00000168. The van der Waals surface area contributed by atoms with Gasteiger partial charge >= 0.3 is 5.69 Å². The van der Waals surface area contributed by atoms with Gasteiger partial charge in [0.25, 0.3) is 0 Å². The van der Waals surface area contributed by atoms with Gasteiger partial charge in [0.05, 0.1) is 21.1 Å². The third kappa shape index (κ3) is 4.72. The van der Waals surface area contributed by atoms with Crippen LogP contribution in [0.2, 0.25) is 0 Å². The minimum absolute atomic E-state index is 0. The SMILES string of the molecule is C.C.Cc1cc(Oc2ccccc2)ccc1-n1c(=O)nc2c(=C(O)C[C@@H]3CNC(=O)C3)sc3nccc1c32. The van der Waals surface area contributed by atoms with Gasteiger partial charge in [-0.3, -0.25) is 9.36 Å². The lowest BCUT2D eigenvalue weighted by atomic mass is 10.0. The smallest absolute Gasteiger partial charge is 0.353 e. The van der Waals surface area contributed by atoms with Crippen LogP contribution in [0, 0.1) is 12.8 Å². The average Bonchev–Trinajstić information content (AvgIpc) is 3.44. The summed E-state index contributed by atoms with van der Waals surface area (Å²) < 4.78 is 8.05. The number of nitrogens with one attached hydrogen (secondary N) is 1. The molecule has 9 heteroatoms. The van der Waals surface area contributed by atoms with Crippen molar-refractivity contribution < 1.29 is 14.6 Å². The van der Waals surface area contributed by atoms with E-state index in [9.17, 15) is 14.7 Å². The third-order valence-corrected chi connectivity index (χ3v) is 7.51. The van der Waals surface area contributed by atoms with Gasteiger partial charge in [0.15, 0.2) is 0 Å². The molecule has 38 heavy (non-hydrogen) atoms. The quantitative estimate of drug-likeness (QED) is 0.320. The van der Waals surface area contributed by atoms with Crippen LogP contribution in [0.1, 0.15) is 33.3 Å². The first-order chi connectivity index (χ1) is 17.5. The monoisotopic (exact) mass is 530 g/mol. The number of benzene rings is 2. The molecule has 2 N–H and O–H groups in total. The first-order valence-electron chi connectivity index (χ1n) is 11.6. The summed E-state index contributed by atoms with van der Waals surface area (Å²) >= 11 is 1.31. The number of nitrogens with zero attached hydrogens (tertiary/aromatic N) is 3. The van der Waals surface area contributed by atoms with Crippen molar-refractivity contribution in [3.63, 3.8) is 0 Å². The van der Waals surface area contributed by atoms with Crippen LogP contribution in [0.15, 0.2) is 65.6 Å². The lowest BCUT2D eigenvalue weighted by molar-refractivity contribution is -0.119. The number of thiophene rings is 1. The molecule has 2 aromatic carbocycles. The summed E-state index contributed by atoms with van der Waals surface area (Å²) in [7, 11) is 0. The van der Waals surface area contributed by atoms with E-state index in [0.29, 0.717) is 51.2 Å². The van der Waals surface area contributed by atoms with Gasteiger partial charge in [-0.1, -0.05) is 33.1 Å². The highest BCUT2D eigenvalue weighted by Crippen LogP contribution is 2.30. The van der Waals surface area contributed by atoms with E-state index in [4.69, 9.17) is 4.74 Å². The van der Waals surface area contributed by atoms with Gasteiger partial charge in [-0.2, -0.15) is 4.98 Å². The first kappa shape index (κ1) is 26.8. The molecule has 0 radical (unpaired) electrons. The number of aryl methyl sites for hydroxylation is 1. The Kier molecular flexibility index (Phi) is 7.50. The molecule has 4 heterocycles. The minimum atomic E-state index is -0.444. The molecule has 5 aromatic rings. The number of amides is 1. The van der Waals surface area contributed by atoms with Gasteiger partial charge in [-0.15, -0.1) is 11.3 Å². The van der Waals surface area contributed by atoms with Crippen molar-refractivity contribution in [2.24, 2.45) is 5.92 Å². The largest absolute Gasteiger partial charge is 0.511 e. The van der Waals surface area contributed by atoms with Gasteiger partial charge in [-0.25, -0.2) is 9.78 Å². The molecule has 1 saturated heterocycles. The van der Waals surface area contributed by atoms with Crippen LogP contribution in [0.5, 0.6) is 11.5 Å². The predicted molar refractivity (Wildman–Crippen MR) is 152 cm³/mol. The number of aliphatic hydroxyl groups is 1. The summed E-state index contributed by atoms with van der Waals surface area (Å²) in [6.45, 7) is 2.45. The number of carbonyl (C=O) groups excluding carboxylic acids is 1. The van der Waals surface area contributed by atoms with Gasteiger partial charge in [0.1, 0.15) is 27.6 Å². The molecule has 6 rings (SSSR count). The van der Waals surface area contributed by atoms with E-state index in [-0.39, 0.29) is 32.4 Å². The zero-order valence-corrected chi connectivity index (χ0v) is 20.2. The minimum Gasteiger partial charge on any atom is -0.511 e. The van der Waals surface area contributed by atoms with Crippen LogP contribution in [0.3, 0.4) is 0 Å². The fourth-order valence-electron chi connectivity index (χ4n) is 4.70. The summed E-state index contributed by atoms with van der Waals surface area (Å²) in [5, 5.41) is 14.4. The molecule has 0 spiro atoms. The number of hydrogen-bond donors (Lipinski definition) is 2. The second-order valence-corrected chi connectivity index (χ2v) is 9.91. The van der Waals surface area contributed by atoms with E-state index in [1.54, 1.807) is 16.8 Å². The summed E-state index contributed by atoms with van der Waals surface area (Å²) in [5.74, 6) is 1.53. The molecule has 0 aliphatic carbocycles. The summed E-state index contributed by atoms with van der Waals surface area (Å²) in [4.78, 5) is 34.5. The number of pyridine rings is 1. The Morgan fingerprint density at radius 2 is 1.92 bits per heavy atom. The highest BCUT2D eigenvalue weighted by Gasteiger charge is 2.24. The molecule has 1 amide bonds. The fraction of sp³-hybridized carbons (Fsp3) is 0.241. The van der Waals surface area contributed by atoms with Crippen molar-refractivity contribution in [3.05, 3.63) is 81.4 Å². The fourth-order valence-corrected chi connectivity index (χ4v) is 5.76. The van der Waals surface area contributed by atoms with Crippen molar-refractivity contribution in [2.45, 2.75) is 34.6 Å². The Morgan fingerprint density at radius 1 is 1.13 bits per heavy atom. The van der Waals surface area contributed by atoms with Gasteiger partial charge < -0.3 is 15.2 Å². The molecule has 196 valence electrons. The number of carbonyl (C=O) groups is 1. The first-order valence-corrected chi connectivity index (χ1v) is 12.4. The molecule has 8 nitrogen and oxygen atoms in total. The maximum absolute atomic E-state index is 13.4. The Hall–Kier alpha value is -4.24. The second-order valence-electron chi connectivity index (χ2n) is 8.91. The van der Waals surface area contributed by atoms with Gasteiger partial charge in [0.2, 0.25) is 5.91 Å². The van der Waals surface area contributed by atoms with Crippen LogP contribution in [-0.2, 0) is 4.79 Å². The standard InChI is InChI=1S/C27H22N4O4S.2CH4/c1-15-11-18(35-17-5-3-2-4-6-17)7-8-19(15)31-20-9-10-28-26-23(20)24(30-27(31)34)25(36-26)21(32)12-16-13-22(33)29-14-16;;/h2-11,16,32H,12-14H2,1H3,(H,29,33);2*1H4/t16-;;/m0../s1. The van der Waals surface area contributed by atoms with Crippen LogP contribution in [0.25, 0.3) is 32.7 Å². The molecular weight excluding hydrogens is 500 g/mol. The summed E-state index contributed by atoms with van der Waals surface area (Å²) in [6.07, 6.45) is 2.37. The molecule has 0 saturated carbocycles. The molecule has 1 atom stereocenters. The Bertz CT molecular complexity index is 1740. The maximum atomic E-state index is 13.4. The van der Waals surface area contributed by atoms with Crippen molar-refractivity contribution >= 4 is 44.3 Å². The van der Waals surface area contributed by atoms with Crippen molar-refractivity contribution in [1.29, 1.82) is 0 Å². The molecule has 0 unspecified atom stereocenters.